The molecule has 0 saturated carbocycles. The Kier molecular flexibility index (Phi) is 3.97. The first kappa shape index (κ1) is 16.4. The van der Waals surface area contributed by atoms with Crippen LogP contribution in [-0.4, -0.2) is 28.0 Å². The normalized spacial score (nSPS) is 16.5. The second-order valence-corrected chi connectivity index (χ2v) is 6.18. The molecule has 26 heavy (non-hydrogen) atoms. The van der Waals surface area contributed by atoms with Gasteiger partial charge in [0.1, 0.15) is 5.92 Å². The molecule has 0 aliphatic carbocycles. The first-order valence-electron chi connectivity index (χ1n) is 7.96. The van der Waals surface area contributed by atoms with Gasteiger partial charge in [0.25, 0.3) is 0 Å². The molecule has 3 aromatic rings. The minimum Gasteiger partial charge on any atom is -0.274 e. The molecule has 1 atom stereocenters. The lowest BCUT2D eigenvalue weighted by atomic mass is 10.1. The summed E-state index contributed by atoms with van der Waals surface area (Å²) in [4.78, 5) is 39.6. The average molecular weight is 365 g/mol. The van der Waals surface area contributed by atoms with Crippen molar-refractivity contribution >= 4 is 52.0 Å². The molecule has 6 nitrogen and oxygen atoms in total. The maximum Gasteiger partial charge on any atom is 0.248 e. The number of benzene rings is 2. The van der Waals surface area contributed by atoms with Gasteiger partial charge in [-0.1, -0.05) is 35.9 Å². The number of carbonyl (C=O) groups is 2. The second kappa shape index (κ2) is 6.31. The Balaban J connectivity index is 1.89. The van der Waals surface area contributed by atoms with E-state index in [9.17, 15) is 9.59 Å². The summed E-state index contributed by atoms with van der Waals surface area (Å²) in [5, 5.41) is 0.114. The lowest BCUT2D eigenvalue weighted by Gasteiger charge is -2.21. The van der Waals surface area contributed by atoms with Crippen LogP contribution >= 0.6 is 11.6 Å². The molecule has 0 radical (unpaired) electrons. The Bertz CT molecular complexity index is 1080. The molecule has 0 bridgehead atoms. The average Bonchev–Trinajstić information content (AvgIpc) is 2.77. The summed E-state index contributed by atoms with van der Waals surface area (Å²) >= 11 is 6.30. The fourth-order valence-corrected chi connectivity index (χ4v) is 3.19. The summed E-state index contributed by atoms with van der Waals surface area (Å²) < 4.78 is 0. The summed E-state index contributed by atoms with van der Waals surface area (Å²) in [6, 6.07) is 14.2. The highest BCUT2D eigenvalue weighted by Crippen LogP contribution is 2.35. The molecule has 7 heteroatoms. The van der Waals surface area contributed by atoms with Crippen molar-refractivity contribution in [2.45, 2.75) is 12.8 Å². The lowest BCUT2D eigenvalue weighted by molar-refractivity contribution is -0.125. The van der Waals surface area contributed by atoms with E-state index in [1.807, 2.05) is 12.1 Å². The smallest absolute Gasteiger partial charge is 0.248 e. The van der Waals surface area contributed by atoms with E-state index >= 15 is 0 Å². The van der Waals surface area contributed by atoms with Crippen LogP contribution < -0.4 is 4.90 Å². The molecule has 1 aliphatic rings. The number of aromatic nitrogens is 2. The fraction of sp³-hybridized carbons (Fsp3) is 0.105. The van der Waals surface area contributed by atoms with Gasteiger partial charge in [-0.2, -0.15) is 0 Å². The van der Waals surface area contributed by atoms with Crippen molar-refractivity contribution in [1.82, 2.24) is 9.97 Å². The van der Waals surface area contributed by atoms with E-state index in [-0.39, 0.29) is 10.8 Å². The number of rotatable bonds is 1. The molecule has 0 fully saturated rings. The van der Waals surface area contributed by atoms with E-state index in [1.165, 1.54) is 13.1 Å². The van der Waals surface area contributed by atoms with Crippen molar-refractivity contribution in [3.05, 3.63) is 59.4 Å². The first-order valence-corrected chi connectivity index (χ1v) is 8.34. The number of halogens is 1. The number of amides is 2. The molecular weight excluding hydrogens is 352 g/mol. The van der Waals surface area contributed by atoms with Crippen molar-refractivity contribution in [2.75, 3.05) is 4.90 Å². The molecule has 2 amide bonds. The zero-order valence-corrected chi connectivity index (χ0v) is 14.5. The number of fused-ring (bicyclic) bond motifs is 2. The molecule has 1 aliphatic heterocycles. The minimum absolute atomic E-state index is 0.114. The van der Waals surface area contributed by atoms with E-state index in [0.29, 0.717) is 22.4 Å². The third-order valence-electron chi connectivity index (χ3n) is 4.13. The SMILES string of the molecule is CC(=O)N1C(=O)C(c2nc3ccccc3nc2Cl)C=Nc2ccccc21. The predicted molar refractivity (Wildman–Crippen MR) is 100 cm³/mol. The van der Waals surface area contributed by atoms with Crippen molar-refractivity contribution in [3.63, 3.8) is 0 Å². The van der Waals surface area contributed by atoms with Crippen molar-refractivity contribution in [3.8, 4) is 0 Å². The monoisotopic (exact) mass is 364 g/mol. The van der Waals surface area contributed by atoms with Gasteiger partial charge in [-0.3, -0.25) is 14.6 Å². The number of carbonyl (C=O) groups excluding carboxylic acids is 2. The Hall–Kier alpha value is -3.12. The number of aliphatic imine (C=N–C) groups is 1. The van der Waals surface area contributed by atoms with Crippen LogP contribution in [0.25, 0.3) is 11.0 Å². The summed E-state index contributed by atoms with van der Waals surface area (Å²) in [5.74, 6) is -1.77. The highest BCUT2D eigenvalue weighted by atomic mass is 35.5. The maximum atomic E-state index is 13.1. The standard InChI is InChI=1S/C19H13ClN4O2/c1-11(25)24-16-9-5-4-8-15(16)21-10-12(19(24)26)17-18(20)23-14-7-3-2-6-13(14)22-17/h2-10,12H,1H3. The van der Waals surface area contributed by atoms with Crippen LogP contribution in [0.5, 0.6) is 0 Å². The third-order valence-corrected chi connectivity index (χ3v) is 4.41. The molecule has 0 saturated heterocycles. The van der Waals surface area contributed by atoms with Crippen LogP contribution in [0.1, 0.15) is 18.5 Å². The predicted octanol–water partition coefficient (Wildman–Crippen LogP) is 3.66. The van der Waals surface area contributed by atoms with Gasteiger partial charge in [0, 0.05) is 13.1 Å². The maximum absolute atomic E-state index is 13.1. The molecule has 1 aromatic heterocycles. The molecule has 1 unspecified atom stereocenters. The molecule has 2 aromatic carbocycles. The van der Waals surface area contributed by atoms with Crippen LogP contribution in [-0.2, 0) is 9.59 Å². The number of imide groups is 1. The van der Waals surface area contributed by atoms with Crippen LogP contribution in [0.15, 0.2) is 53.5 Å². The van der Waals surface area contributed by atoms with Crippen LogP contribution in [0.2, 0.25) is 5.15 Å². The zero-order chi connectivity index (χ0) is 18.3. The summed E-state index contributed by atoms with van der Waals surface area (Å²) in [5.41, 5.74) is 2.49. The lowest BCUT2D eigenvalue weighted by Crippen LogP contribution is -2.39. The molecule has 4 rings (SSSR count). The number of hydrogen-bond acceptors (Lipinski definition) is 5. The van der Waals surface area contributed by atoms with Gasteiger partial charge < -0.3 is 0 Å². The Morgan fingerprint density at radius 2 is 1.69 bits per heavy atom. The van der Waals surface area contributed by atoms with E-state index < -0.39 is 17.7 Å². The summed E-state index contributed by atoms with van der Waals surface area (Å²) in [6.45, 7) is 1.34. The fourth-order valence-electron chi connectivity index (χ4n) is 2.94. The van der Waals surface area contributed by atoms with Gasteiger partial charge in [-0.05, 0) is 24.3 Å². The van der Waals surface area contributed by atoms with Gasteiger partial charge in [0.15, 0.2) is 5.15 Å². The van der Waals surface area contributed by atoms with Gasteiger partial charge in [0.2, 0.25) is 11.8 Å². The van der Waals surface area contributed by atoms with Crippen molar-refractivity contribution < 1.29 is 9.59 Å². The molecule has 0 spiro atoms. The number of anilines is 1. The Morgan fingerprint density at radius 3 is 2.42 bits per heavy atom. The van der Waals surface area contributed by atoms with Crippen molar-refractivity contribution in [1.29, 1.82) is 0 Å². The van der Waals surface area contributed by atoms with Crippen LogP contribution in [0.4, 0.5) is 11.4 Å². The Labute approximate surface area is 154 Å². The molecule has 0 N–H and O–H groups in total. The molecule has 2 heterocycles. The van der Waals surface area contributed by atoms with E-state index in [0.717, 1.165) is 4.90 Å². The van der Waals surface area contributed by atoms with E-state index in [2.05, 4.69) is 15.0 Å². The second-order valence-electron chi connectivity index (χ2n) is 5.83. The van der Waals surface area contributed by atoms with Crippen LogP contribution in [0, 0.1) is 0 Å². The third kappa shape index (κ3) is 2.64. The van der Waals surface area contributed by atoms with Crippen molar-refractivity contribution in [2.24, 2.45) is 4.99 Å². The van der Waals surface area contributed by atoms with E-state index in [4.69, 9.17) is 11.6 Å². The topological polar surface area (TPSA) is 75.5 Å². The number of para-hydroxylation sites is 4. The van der Waals surface area contributed by atoms with Gasteiger partial charge in [-0.25, -0.2) is 14.9 Å². The highest BCUT2D eigenvalue weighted by molar-refractivity contribution is 6.32. The largest absolute Gasteiger partial charge is 0.274 e. The van der Waals surface area contributed by atoms with Gasteiger partial charge in [0.05, 0.1) is 28.1 Å². The minimum atomic E-state index is -0.907. The first-order chi connectivity index (χ1) is 12.6. The number of hydrogen-bond donors (Lipinski definition) is 0. The highest BCUT2D eigenvalue weighted by Gasteiger charge is 2.34. The van der Waals surface area contributed by atoms with Gasteiger partial charge in [-0.15, -0.1) is 0 Å². The summed E-state index contributed by atoms with van der Waals surface area (Å²) in [7, 11) is 0. The Morgan fingerprint density at radius 1 is 1.04 bits per heavy atom. The zero-order valence-electron chi connectivity index (χ0n) is 13.8. The van der Waals surface area contributed by atoms with Gasteiger partial charge >= 0.3 is 0 Å². The molecule has 128 valence electrons. The number of nitrogens with zero attached hydrogens (tertiary/aromatic N) is 4. The quantitative estimate of drug-likeness (QED) is 0.660. The van der Waals surface area contributed by atoms with E-state index in [1.54, 1.807) is 36.4 Å². The molecular formula is C19H13ClN4O2. The summed E-state index contributed by atoms with van der Waals surface area (Å²) in [6.07, 6.45) is 1.47. The van der Waals surface area contributed by atoms with Crippen LogP contribution in [0.3, 0.4) is 0 Å².